The molecule has 2 aromatic heterocycles. The lowest BCUT2D eigenvalue weighted by molar-refractivity contribution is 0.0802. The third-order valence-corrected chi connectivity index (χ3v) is 8.44. The van der Waals surface area contributed by atoms with Gasteiger partial charge in [0.1, 0.15) is 0 Å². The van der Waals surface area contributed by atoms with Crippen molar-refractivity contribution in [1.82, 2.24) is 14.9 Å². The van der Waals surface area contributed by atoms with Crippen molar-refractivity contribution in [3.8, 4) is 11.3 Å². The number of anilines is 1. The summed E-state index contributed by atoms with van der Waals surface area (Å²) < 4.78 is 13.0. The highest BCUT2D eigenvalue weighted by atomic mass is 32.1. The number of thiazole rings is 1. The third kappa shape index (κ3) is 4.61. The number of hydrogen-bond acceptors (Lipinski definition) is 6. The van der Waals surface area contributed by atoms with Crippen LogP contribution in [0.15, 0.2) is 59.4 Å². The van der Waals surface area contributed by atoms with E-state index in [1.165, 1.54) is 17.6 Å². The zero-order chi connectivity index (χ0) is 24.7. The number of aromatic nitrogens is 2. The van der Waals surface area contributed by atoms with E-state index in [1.807, 2.05) is 30.1 Å². The highest BCUT2D eigenvalue weighted by Gasteiger charge is 2.56. The number of allylic oxidation sites excluding steroid dienone is 1. The number of ether oxygens (including phenoxy) is 2. The Morgan fingerprint density at radius 3 is 3.00 bits per heavy atom. The van der Waals surface area contributed by atoms with Crippen molar-refractivity contribution in [2.75, 3.05) is 32.2 Å². The van der Waals surface area contributed by atoms with Crippen LogP contribution >= 0.6 is 11.3 Å². The zero-order valence-electron chi connectivity index (χ0n) is 20.8. The maximum Gasteiger partial charge on any atom is 0.253 e. The molecule has 0 radical (unpaired) electrons. The molecular formula is C28H32N4O3S. The molecule has 3 aromatic rings. The maximum atomic E-state index is 12.9. The summed E-state index contributed by atoms with van der Waals surface area (Å²) in [7, 11) is 3.57. The molecule has 1 saturated heterocycles. The van der Waals surface area contributed by atoms with Gasteiger partial charge >= 0.3 is 0 Å². The first-order chi connectivity index (χ1) is 17.6. The Balaban J connectivity index is 1.20. The SMILES string of the molecule is COCC(NC(=O)c1ccn(C)c1)C(Nc1nc(-c2cccc(C34CCOCC3C4)c2)cs1)=C1CC1. The summed E-state index contributed by atoms with van der Waals surface area (Å²) in [6, 6.07) is 10.4. The van der Waals surface area contributed by atoms with Gasteiger partial charge in [-0.1, -0.05) is 18.2 Å². The van der Waals surface area contributed by atoms with Crippen LogP contribution in [0, 0.1) is 5.92 Å². The number of amides is 1. The van der Waals surface area contributed by atoms with Gasteiger partial charge in [-0.05, 0) is 54.9 Å². The fourth-order valence-electron chi connectivity index (χ4n) is 5.45. The molecule has 1 aromatic carbocycles. The number of hydrogen-bond donors (Lipinski definition) is 2. The van der Waals surface area contributed by atoms with Crippen molar-refractivity contribution in [2.24, 2.45) is 13.0 Å². The average molecular weight is 505 g/mol. The minimum atomic E-state index is -0.268. The second-order valence-electron chi connectivity index (χ2n) is 10.2. The molecule has 36 heavy (non-hydrogen) atoms. The van der Waals surface area contributed by atoms with Gasteiger partial charge in [0.2, 0.25) is 0 Å². The number of nitrogens with zero attached hydrogens (tertiary/aromatic N) is 2. The van der Waals surface area contributed by atoms with E-state index in [2.05, 4.69) is 40.3 Å². The van der Waals surface area contributed by atoms with E-state index in [-0.39, 0.29) is 11.9 Å². The molecule has 2 aliphatic carbocycles. The Bertz CT molecular complexity index is 1310. The number of carbonyl (C=O) groups excluding carboxylic acids is 1. The van der Waals surface area contributed by atoms with Crippen molar-refractivity contribution in [3.05, 3.63) is 70.5 Å². The molecule has 0 bridgehead atoms. The van der Waals surface area contributed by atoms with Crippen LogP contribution in [0.3, 0.4) is 0 Å². The minimum absolute atomic E-state index is 0.110. The first-order valence-corrected chi connectivity index (χ1v) is 13.5. The molecule has 188 valence electrons. The van der Waals surface area contributed by atoms with Gasteiger partial charge in [-0.2, -0.15) is 0 Å². The van der Waals surface area contributed by atoms with Crippen LogP contribution in [0.5, 0.6) is 0 Å². The largest absolute Gasteiger partial charge is 0.382 e. The molecule has 6 rings (SSSR count). The van der Waals surface area contributed by atoms with E-state index in [9.17, 15) is 4.79 Å². The van der Waals surface area contributed by atoms with Crippen LogP contribution in [0.2, 0.25) is 0 Å². The van der Waals surface area contributed by atoms with Gasteiger partial charge in [0.15, 0.2) is 5.13 Å². The van der Waals surface area contributed by atoms with Crippen LogP contribution in [0.25, 0.3) is 11.3 Å². The van der Waals surface area contributed by atoms with Crippen LogP contribution in [-0.2, 0) is 21.9 Å². The van der Waals surface area contributed by atoms with E-state index in [1.54, 1.807) is 18.4 Å². The van der Waals surface area contributed by atoms with Crippen molar-refractivity contribution in [3.63, 3.8) is 0 Å². The predicted octanol–water partition coefficient (Wildman–Crippen LogP) is 4.73. The fraction of sp³-hybridized carbons (Fsp3) is 0.429. The molecule has 8 heteroatoms. The summed E-state index contributed by atoms with van der Waals surface area (Å²) >= 11 is 1.59. The highest BCUT2D eigenvalue weighted by Crippen LogP contribution is 2.59. The normalized spacial score (nSPS) is 23.1. The Labute approximate surface area is 215 Å². The summed E-state index contributed by atoms with van der Waals surface area (Å²) in [5.74, 6) is 0.548. The Hall–Kier alpha value is -2.94. The molecule has 7 nitrogen and oxygen atoms in total. The maximum absolute atomic E-state index is 12.9. The lowest BCUT2D eigenvalue weighted by atomic mass is 9.88. The minimum Gasteiger partial charge on any atom is -0.382 e. The number of benzene rings is 1. The number of nitrogens with one attached hydrogen (secondary N) is 2. The lowest BCUT2D eigenvalue weighted by Gasteiger charge is -2.23. The van der Waals surface area contributed by atoms with E-state index in [0.717, 1.165) is 54.6 Å². The van der Waals surface area contributed by atoms with E-state index >= 15 is 0 Å². The number of aryl methyl sites for hydroxylation is 1. The standard InChI is InChI=1S/C28H32N4O3S/c1-32-10-8-20(14-32)26(33)29-23(16-34-2)25(18-6-7-18)31-27-30-24(17-36-27)19-4-3-5-21(12-19)28-9-11-35-15-22(28)13-28/h3-5,8,10,12,14,17,22-23H,6-7,9,11,13,15-16H2,1-2H3,(H,29,33)(H,30,31). The molecule has 0 spiro atoms. The molecule has 3 fully saturated rings. The molecule has 1 amide bonds. The Morgan fingerprint density at radius 2 is 2.25 bits per heavy atom. The zero-order valence-corrected chi connectivity index (χ0v) is 21.6. The van der Waals surface area contributed by atoms with Crippen molar-refractivity contribution < 1.29 is 14.3 Å². The van der Waals surface area contributed by atoms with Crippen LogP contribution < -0.4 is 10.6 Å². The first kappa shape index (κ1) is 23.5. The molecule has 3 heterocycles. The quantitative estimate of drug-likeness (QED) is 0.441. The Kier molecular flexibility index (Phi) is 6.19. The molecular weight excluding hydrogens is 472 g/mol. The molecule has 3 aliphatic rings. The van der Waals surface area contributed by atoms with E-state index in [0.29, 0.717) is 23.5 Å². The molecule has 1 aliphatic heterocycles. The van der Waals surface area contributed by atoms with Crippen molar-refractivity contribution in [1.29, 1.82) is 0 Å². The van der Waals surface area contributed by atoms with Gasteiger partial charge in [-0.25, -0.2) is 4.98 Å². The number of carbonyl (C=O) groups is 1. The van der Waals surface area contributed by atoms with Gasteiger partial charge in [0.25, 0.3) is 5.91 Å². The van der Waals surface area contributed by atoms with Crippen molar-refractivity contribution in [2.45, 2.75) is 37.1 Å². The smallest absolute Gasteiger partial charge is 0.253 e. The monoisotopic (exact) mass is 504 g/mol. The van der Waals surface area contributed by atoms with Gasteiger partial charge in [0, 0.05) is 55.2 Å². The number of rotatable bonds is 9. The number of fused-ring (bicyclic) bond motifs is 1. The summed E-state index contributed by atoms with van der Waals surface area (Å²) in [6.07, 6.45) is 8.08. The average Bonchev–Trinajstić information content (AvgIpc) is 3.78. The summed E-state index contributed by atoms with van der Waals surface area (Å²) in [5.41, 5.74) is 6.79. The van der Waals surface area contributed by atoms with Gasteiger partial charge in [-0.15, -0.1) is 11.3 Å². The Morgan fingerprint density at radius 1 is 1.36 bits per heavy atom. The summed E-state index contributed by atoms with van der Waals surface area (Å²) in [4.78, 5) is 17.8. The molecule has 3 unspecified atom stereocenters. The lowest BCUT2D eigenvalue weighted by Crippen LogP contribution is -2.41. The van der Waals surface area contributed by atoms with Gasteiger partial charge in [0.05, 0.1) is 30.5 Å². The molecule has 2 N–H and O–H groups in total. The predicted molar refractivity (Wildman–Crippen MR) is 141 cm³/mol. The van der Waals surface area contributed by atoms with Crippen molar-refractivity contribution >= 4 is 22.4 Å². The number of methoxy groups -OCH3 is 1. The second kappa shape index (κ2) is 9.50. The summed E-state index contributed by atoms with van der Waals surface area (Å²) in [5, 5.41) is 9.63. The van der Waals surface area contributed by atoms with Gasteiger partial charge in [-0.3, -0.25) is 4.79 Å². The van der Waals surface area contributed by atoms with E-state index in [4.69, 9.17) is 14.5 Å². The van der Waals surface area contributed by atoms with Crippen LogP contribution in [0.4, 0.5) is 5.13 Å². The van der Waals surface area contributed by atoms with Crippen LogP contribution in [0.1, 0.15) is 41.6 Å². The second-order valence-corrected chi connectivity index (χ2v) is 11.0. The summed E-state index contributed by atoms with van der Waals surface area (Å²) in [6.45, 7) is 2.12. The van der Waals surface area contributed by atoms with Gasteiger partial charge < -0.3 is 24.7 Å². The topological polar surface area (TPSA) is 77.4 Å². The van der Waals surface area contributed by atoms with E-state index < -0.39 is 0 Å². The van der Waals surface area contributed by atoms with Crippen LogP contribution in [-0.4, -0.2) is 48.4 Å². The first-order valence-electron chi connectivity index (χ1n) is 12.6. The molecule has 2 saturated carbocycles. The third-order valence-electron chi connectivity index (χ3n) is 7.68. The molecule has 3 atom stereocenters. The fourth-order valence-corrected chi connectivity index (χ4v) is 6.18. The highest BCUT2D eigenvalue weighted by molar-refractivity contribution is 7.14.